The second-order valence-corrected chi connectivity index (χ2v) is 10.2. The normalized spacial score (nSPS) is 32.2. The number of likely N-dealkylation sites (N-methyl/N-ethyl adjacent to an activating group) is 1. The van der Waals surface area contributed by atoms with Gasteiger partial charge >= 0.3 is 0 Å². The van der Waals surface area contributed by atoms with E-state index in [1.165, 1.54) is 6.07 Å². The lowest BCUT2D eigenvalue weighted by Gasteiger charge is -2.53. The van der Waals surface area contributed by atoms with Gasteiger partial charge in [0.05, 0.1) is 17.2 Å². The number of carbonyl (C=O) groups is 4. The molecule has 1 aromatic rings. The zero-order chi connectivity index (χ0) is 26.1. The molecule has 4 N–H and O–H groups in total. The molecule has 188 valence electrons. The minimum absolute atomic E-state index is 0.0698. The fraction of sp³-hybridized carbons (Fsp3) is 0.520. The first kappa shape index (κ1) is 25.0. The van der Waals surface area contributed by atoms with E-state index < -0.39 is 64.4 Å². The highest BCUT2D eigenvalue weighted by Crippen LogP contribution is 2.53. The Hall–Kier alpha value is -3.08. The third-order valence-corrected chi connectivity index (χ3v) is 7.83. The van der Waals surface area contributed by atoms with E-state index in [9.17, 15) is 39.6 Å². The highest BCUT2D eigenvalue weighted by molar-refractivity contribution is 6.25. The van der Waals surface area contributed by atoms with Crippen molar-refractivity contribution in [2.75, 3.05) is 33.1 Å². The minimum Gasteiger partial charge on any atom is -0.507 e. The SMILES string of the molecule is CC(=O)C1C(=O)[C@@]2(O)C(=O)C3=C(O)c4c(O)c(C=O)cc(N(C)C)c4C[C@H]3C[C@H]2[C@H](N(C)C)C1O. The number of ketones is 3. The third-order valence-electron chi connectivity index (χ3n) is 7.83. The quantitative estimate of drug-likeness (QED) is 0.340. The molecular formula is C25H30N2O8. The zero-order valence-corrected chi connectivity index (χ0v) is 20.3. The second kappa shape index (κ2) is 8.25. The number of phenolic OH excluding ortho intramolecular Hbond substituents is 1. The molecule has 0 radical (unpaired) electrons. The van der Waals surface area contributed by atoms with Gasteiger partial charge in [-0.3, -0.25) is 19.2 Å². The number of aromatic hydroxyl groups is 1. The summed E-state index contributed by atoms with van der Waals surface area (Å²) in [6.07, 6.45) is -0.724. The van der Waals surface area contributed by atoms with Crippen LogP contribution in [0.4, 0.5) is 5.69 Å². The van der Waals surface area contributed by atoms with Crippen molar-refractivity contribution in [1.82, 2.24) is 4.90 Å². The van der Waals surface area contributed by atoms with Gasteiger partial charge in [-0.1, -0.05) is 0 Å². The number of rotatable bonds is 4. The van der Waals surface area contributed by atoms with E-state index in [4.69, 9.17) is 0 Å². The van der Waals surface area contributed by atoms with Crippen LogP contribution in [0.3, 0.4) is 0 Å². The van der Waals surface area contributed by atoms with Gasteiger partial charge in [0.1, 0.15) is 23.2 Å². The van der Waals surface area contributed by atoms with Gasteiger partial charge in [-0.05, 0) is 51.4 Å². The van der Waals surface area contributed by atoms with Crippen LogP contribution in [0.25, 0.3) is 5.76 Å². The predicted molar refractivity (Wildman–Crippen MR) is 125 cm³/mol. The molecule has 0 bridgehead atoms. The lowest BCUT2D eigenvalue weighted by Crippen LogP contribution is -2.72. The first-order valence-corrected chi connectivity index (χ1v) is 11.4. The predicted octanol–water partition coefficient (Wildman–Crippen LogP) is 0.111. The number of aliphatic hydroxyl groups is 3. The topological polar surface area (TPSA) is 156 Å². The number of benzene rings is 1. The van der Waals surface area contributed by atoms with E-state index in [0.717, 1.165) is 6.92 Å². The Morgan fingerprint density at radius 2 is 1.80 bits per heavy atom. The van der Waals surface area contributed by atoms with Gasteiger partial charge in [-0.15, -0.1) is 0 Å². The molecule has 35 heavy (non-hydrogen) atoms. The lowest BCUT2D eigenvalue weighted by molar-refractivity contribution is -0.184. The fourth-order valence-corrected chi connectivity index (χ4v) is 6.29. The summed E-state index contributed by atoms with van der Waals surface area (Å²) in [6, 6.07) is 0.619. The van der Waals surface area contributed by atoms with Gasteiger partial charge in [-0.25, -0.2) is 0 Å². The van der Waals surface area contributed by atoms with Gasteiger partial charge in [0.2, 0.25) is 5.78 Å². The van der Waals surface area contributed by atoms with Gasteiger partial charge < -0.3 is 30.2 Å². The van der Waals surface area contributed by atoms with Gasteiger partial charge in [0, 0.05) is 37.3 Å². The van der Waals surface area contributed by atoms with Crippen LogP contribution >= 0.6 is 0 Å². The highest BCUT2D eigenvalue weighted by Gasteiger charge is 2.67. The Kier molecular flexibility index (Phi) is 5.90. The average Bonchev–Trinajstić information content (AvgIpc) is 2.75. The number of aldehydes is 1. The summed E-state index contributed by atoms with van der Waals surface area (Å²) in [4.78, 5) is 54.3. The fourth-order valence-electron chi connectivity index (χ4n) is 6.29. The number of Topliss-reactive ketones (excluding diaryl/α,β-unsaturated/α-hetero) is 3. The van der Waals surface area contributed by atoms with E-state index in [1.807, 2.05) is 0 Å². The van der Waals surface area contributed by atoms with Crippen LogP contribution in [0.5, 0.6) is 5.75 Å². The van der Waals surface area contributed by atoms with Crippen molar-refractivity contribution >= 4 is 35.1 Å². The molecule has 0 aliphatic heterocycles. The number of carbonyl (C=O) groups excluding carboxylic acids is 4. The summed E-state index contributed by atoms with van der Waals surface area (Å²) in [7, 11) is 6.74. The highest BCUT2D eigenvalue weighted by atomic mass is 16.3. The number of anilines is 1. The first-order chi connectivity index (χ1) is 16.3. The number of nitrogens with zero attached hydrogens (tertiary/aromatic N) is 2. The van der Waals surface area contributed by atoms with Gasteiger partial charge in [-0.2, -0.15) is 0 Å². The van der Waals surface area contributed by atoms with Crippen LogP contribution < -0.4 is 4.90 Å². The Labute approximate surface area is 202 Å². The van der Waals surface area contributed by atoms with Crippen molar-refractivity contribution in [3.63, 3.8) is 0 Å². The third kappa shape index (κ3) is 3.27. The van der Waals surface area contributed by atoms with Gasteiger partial charge in [0.25, 0.3) is 0 Å². The molecule has 0 heterocycles. The minimum atomic E-state index is -2.63. The summed E-state index contributed by atoms with van der Waals surface area (Å²) in [5.41, 5.74) is -1.93. The molecule has 0 aromatic heterocycles. The van der Waals surface area contributed by atoms with Crippen molar-refractivity contribution in [3.05, 3.63) is 28.3 Å². The number of fused-ring (bicyclic) bond motifs is 3. The summed E-state index contributed by atoms with van der Waals surface area (Å²) in [5.74, 6) is -7.16. The molecule has 0 saturated heterocycles. The Morgan fingerprint density at radius 3 is 2.31 bits per heavy atom. The van der Waals surface area contributed by atoms with Crippen LogP contribution in [0, 0.1) is 17.8 Å². The summed E-state index contributed by atoms with van der Waals surface area (Å²) < 4.78 is 0. The molecule has 2 saturated carbocycles. The molecule has 3 aliphatic rings. The molecule has 2 unspecified atom stereocenters. The summed E-state index contributed by atoms with van der Waals surface area (Å²) in [6.45, 7) is 1.12. The largest absolute Gasteiger partial charge is 0.507 e. The van der Waals surface area contributed by atoms with E-state index in [-0.39, 0.29) is 29.5 Å². The van der Waals surface area contributed by atoms with E-state index in [1.54, 1.807) is 38.0 Å². The van der Waals surface area contributed by atoms with Crippen LogP contribution in [0.15, 0.2) is 11.6 Å². The molecular weight excluding hydrogens is 456 g/mol. The standard InChI is InChI=1S/C25H30N2O8/c1-10(29)16-22(32)19(27(4)5)14-7-11-6-13-15(26(2)3)8-12(9-28)20(30)18(13)21(31)17(11)24(34)25(14,35)23(16)33/h8-9,11,14,16,19,22,30-32,35H,6-7H2,1-5H3/t11-,14-,16?,19-,22?,25+/m0/s1. The number of phenols is 1. The maximum Gasteiger partial charge on any atom is 0.202 e. The van der Waals surface area contributed by atoms with Crippen molar-refractivity contribution in [3.8, 4) is 5.75 Å². The second-order valence-electron chi connectivity index (χ2n) is 10.2. The summed E-state index contributed by atoms with van der Waals surface area (Å²) in [5, 5.41) is 44.6. The van der Waals surface area contributed by atoms with Crippen molar-refractivity contribution in [1.29, 1.82) is 0 Å². The van der Waals surface area contributed by atoms with Crippen LogP contribution in [-0.2, 0) is 20.8 Å². The van der Waals surface area contributed by atoms with Crippen molar-refractivity contribution in [2.24, 2.45) is 17.8 Å². The molecule has 4 rings (SSSR count). The van der Waals surface area contributed by atoms with Gasteiger partial charge in [0.15, 0.2) is 17.7 Å². The number of aliphatic hydroxyl groups excluding tert-OH is 2. The molecule has 0 amide bonds. The Balaban J connectivity index is 1.97. The Bertz CT molecular complexity index is 1190. The van der Waals surface area contributed by atoms with Crippen molar-refractivity contribution < 1.29 is 39.6 Å². The molecule has 3 aliphatic carbocycles. The average molecular weight is 487 g/mol. The number of hydrogen-bond acceptors (Lipinski definition) is 10. The molecule has 10 nitrogen and oxygen atoms in total. The van der Waals surface area contributed by atoms with E-state index in [2.05, 4.69) is 0 Å². The Morgan fingerprint density at radius 1 is 1.17 bits per heavy atom. The first-order valence-electron chi connectivity index (χ1n) is 11.4. The van der Waals surface area contributed by atoms with Crippen LogP contribution in [0.2, 0.25) is 0 Å². The molecule has 0 spiro atoms. The van der Waals surface area contributed by atoms with E-state index >= 15 is 0 Å². The molecule has 6 atom stereocenters. The smallest absolute Gasteiger partial charge is 0.202 e. The molecule has 2 fully saturated rings. The van der Waals surface area contributed by atoms with Crippen LogP contribution in [0.1, 0.15) is 34.8 Å². The zero-order valence-electron chi connectivity index (χ0n) is 20.3. The van der Waals surface area contributed by atoms with Crippen molar-refractivity contribution in [2.45, 2.75) is 37.5 Å². The monoisotopic (exact) mass is 486 g/mol. The summed E-state index contributed by atoms with van der Waals surface area (Å²) >= 11 is 0. The van der Waals surface area contributed by atoms with E-state index in [0.29, 0.717) is 17.5 Å². The number of hydrogen-bond donors (Lipinski definition) is 4. The molecule has 1 aromatic carbocycles. The maximum absolute atomic E-state index is 13.8. The molecule has 10 heteroatoms. The van der Waals surface area contributed by atoms with Crippen LogP contribution in [-0.4, -0.2) is 94.9 Å². The lowest BCUT2D eigenvalue weighted by atomic mass is 9.54. The maximum atomic E-state index is 13.8.